The standard InChI is InChI=1S/C57H36S2/c1-57(2)48-31-36(35-24-29-51-47(30-35)46-28-21-34-20-27-45-40-14-10-11-19-50(40)58-55(45)54(34)56(46)59-51)22-25-38(48)39-26-23-37(32-49(39)57)53-43-17-8-6-15-41(43)52(33-12-4-3-5-13-33)42-16-7-9-18-44(42)53/h3-32H,1-2H3. The van der Waals surface area contributed by atoms with Crippen LogP contribution in [0.2, 0.25) is 0 Å². The van der Waals surface area contributed by atoms with E-state index in [1.165, 1.54) is 128 Å². The Balaban J connectivity index is 0.937. The molecule has 0 bridgehead atoms. The maximum Gasteiger partial charge on any atom is 0.0448 e. The molecule has 0 radical (unpaired) electrons. The van der Waals surface area contributed by atoms with E-state index in [4.69, 9.17) is 0 Å². The van der Waals surface area contributed by atoms with Crippen molar-refractivity contribution in [3.05, 3.63) is 193 Å². The van der Waals surface area contributed by atoms with Crippen LogP contribution in [-0.4, -0.2) is 0 Å². The zero-order chi connectivity index (χ0) is 39.0. The number of fused-ring (bicyclic) bond motifs is 14. The molecule has 1 aliphatic carbocycles. The molecule has 2 heteroatoms. The van der Waals surface area contributed by atoms with Crippen LogP contribution in [0.1, 0.15) is 25.0 Å². The predicted octanol–water partition coefficient (Wildman–Crippen LogP) is 17.2. The van der Waals surface area contributed by atoms with E-state index >= 15 is 0 Å². The molecule has 1 aliphatic rings. The fourth-order valence-corrected chi connectivity index (χ4v) is 13.0. The highest BCUT2D eigenvalue weighted by Gasteiger charge is 2.36. The van der Waals surface area contributed by atoms with E-state index < -0.39 is 0 Å². The zero-order valence-electron chi connectivity index (χ0n) is 32.6. The first-order chi connectivity index (χ1) is 29.0. The third-order valence-electron chi connectivity index (χ3n) is 13.3. The van der Waals surface area contributed by atoms with Gasteiger partial charge in [0.1, 0.15) is 0 Å². The molecule has 0 fully saturated rings. The number of hydrogen-bond acceptors (Lipinski definition) is 2. The second-order valence-corrected chi connectivity index (χ2v) is 18.9. The summed E-state index contributed by atoms with van der Waals surface area (Å²) >= 11 is 3.87. The first-order valence-electron chi connectivity index (χ1n) is 20.5. The van der Waals surface area contributed by atoms with Gasteiger partial charge in [0.2, 0.25) is 0 Å². The van der Waals surface area contributed by atoms with Gasteiger partial charge in [-0.15, -0.1) is 22.7 Å². The number of hydrogen-bond donors (Lipinski definition) is 0. The van der Waals surface area contributed by atoms with Crippen LogP contribution in [0.25, 0.3) is 117 Å². The molecule has 0 N–H and O–H groups in total. The molecule has 0 amide bonds. The van der Waals surface area contributed by atoms with Gasteiger partial charge < -0.3 is 0 Å². The van der Waals surface area contributed by atoms with Crippen molar-refractivity contribution in [3.63, 3.8) is 0 Å². The van der Waals surface area contributed by atoms with Gasteiger partial charge in [-0.2, -0.15) is 0 Å². The maximum absolute atomic E-state index is 2.49. The third-order valence-corrected chi connectivity index (χ3v) is 15.7. The molecule has 2 heterocycles. The summed E-state index contributed by atoms with van der Waals surface area (Å²) in [6, 6.07) is 68.5. The van der Waals surface area contributed by atoms with Crippen LogP contribution in [0.5, 0.6) is 0 Å². The van der Waals surface area contributed by atoms with Gasteiger partial charge in [0.25, 0.3) is 0 Å². The van der Waals surface area contributed by atoms with Crippen molar-refractivity contribution in [3.8, 4) is 44.5 Å². The van der Waals surface area contributed by atoms with Crippen LogP contribution >= 0.6 is 22.7 Å². The highest BCUT2D eigenvalue weighted by Crippen LogP contribution is 2.53. The quantitative estimate of drug-likeness (QED) is 0.157. The first kappa shape index (κ1) is 33.4. The molecule has 0 atom stereocenters. The Hall–Kier alpha value is -6.58. The molecule has 0 saturated carbocycles. The summed E-state index contributed by atoms with van der Waals surface area (Å²) in [4.78, 5) is 0. The van der Waals surface area contributed by atoms with Gasteiger partial charge in [0.05, 0.1) is 0 Å². The summed E-state index contributed by atoms with van der Waals surface area (Å²) in [6.45, 7) is 4.82. The van der Waals surface area contributed by atoms with E-state index in [2.05, 4.69) is 196 Å². The van der Waals surface area contributed by atoms with E-state index in [9.17, 15) is 0 Å². The molecule has 0 saturated heterocycles. The SMILES string of the molecule is CC1(C)c2cc(-c3ccc4sc5c(ccc6ccc7c8ccccc8sc7c65)c4c3)ccc2-c2ccc(-c3c4ccccc4c(-c4ccccc4)c4ccccc34)cc21. The first-order valence-corrected chi connectivity index (χ1v) is 22.1. The van der Waals surface area contributed by atoms with Gasteiger partial charge in [-0.25, -0.2) is 0 Å². The van der Waals surface area contributed by atoms with Crippen molar-refractivity contribution in [2.75, 3.05) is 0 Å². The lowest BCUT2D eigenvalue weighted by Gasteiger charge is -2.23. The normalized spacial score (nSPS) is 13.4. The molecule has 0 aliphatic heterocycles. The van der Waals surface area contributed by atoms with Crippen LogP contribution in [0.4, 0.5) is 0 Å². The molecule has 0 nitrogen and oxygen atoms in total. The molecule has 13 rings (SSSR count). The largest absolute Gasteiger partial charge is 0.134 e. The average Bonchev–Trinajstić information content (AvgIpc) is 3.92. The summed E-state index contributed by atoms with van der Waals surface area (Å²) in [5.41, 5.74) is 13.0. The Kier molecular flexibility index (Phi) is 6.92. The molecular formula is C57H36S2. The lowest BCUT2D eigenvalue weighted by Crippen LogP contribution is -2.15. The number of benzene rings is 10. The van der Waals surface area contributed by atoms with Crippen LogP contribution < -0.4 is 0 Å². The van der Waals surface area contributed by atoms with Crippen molar-refractivity contribution in [1.29, 1.82) is 0 Å². The van der Waals surface area contributed by atoms with Crippen molar-refractivity contribution in [2.45, 2.75) is 19.3 Å². The Morgan fingerprint density at radius 1 is 0.339 bits per heavy atom. The van der Waals surface area contributed by atoms with E-state index in [1.54, 1.807) is 0 Å². The van der Waals surface area contributed by atoms with Gasteiger partial charge >= 0.3 is 0 Å². The lowest BCUT2D eigenvalue weighted by molar-refractivity contribution is 0.661. The van der Waals surface area contributed by atoms with Gasteiger partial charge in [0, 0.05) is 51.1 Å². The molecule has 0 unspecified atom stereocenters. The van der Waals surface area contributed by atoms with Gasteiger partial charge in [-0.3, -0.25) is 0 Å². The summed E-state index contributed by atoms with van der Waals surface area (Å²) in [7, 11) is 0. The summed E-state index contributed by atoms with van der Waals surface area (Å²) < 4.78 is 5.49. The van der Waals surface area contributed by atoms with Crippen molar-refractivity contribution < 1.29 is 0 Å². The second-order valence-electron chi connectivity index (χ2n) is 16.7. The molecule has 10 aromatic carbocycles. The minimum absolute atomic E-state index is 0.167. The van der Waals surface area contributed by atoms with Crippen molar-refractivity contribution >= 4 is 95.3 Å². The number of thiophene rings is 2. The van der Waals surface area contributed by atoms with E-state index in [0.717, 1.165) is 0 Å². The molecule has 276 valence electrons. The van der Waals surface area contributed by atoms with Crippen LogP contribution in [0.3, 0.4) is 0 Å². The third kappa shape index (κ3) is 4.70. The van der Waals surface area contributed by atoms with E-state index in [-0.39, 0.29) is 5.41 Å². The smallest absolute Gasteiger partial charge is 0.0448 e. The molecular weight excluding hydrogens is 749 g/mol. The Morgan fingerprint density at radius 2 is 0.814 bits per heavy atom. The van der Waals surface area contributed by atoms with Crippen LogP contribution in [0, 0.1) is 0 Å². The average molecular weight is 785 g/mol. The van der Waals surface area contributed by atoms with Crippen LogP contribution in [-0.2, 0) is 5.41 Å². The second kappa shape index (κ2) is 12.2. The summed E-state index contributed by atoms with van der Waals surface area (Å²) in [5, 5.41) is 13.3. The minimum atomic E-state index is -0.167. The summed E-state index contributed by atoms with van der Waals surface area (Å²) in [5.74, 6) is 0. The Labute approximate surface area is 350 Å². The van der Waals surface area contributed by atoms with E-state index in [1.807, 2.05) is 22.7 Å². The molecule has 0 spiro atoms. The molecule has 12 aromatic rings. The molecule has 59 heavy (non-hydrogen) atoms. The van der Waals surface area contributed by atoms with E-state index in [0.29, 0.717) is 0 Å². The van der Waals surface area contributed by atoms with Crippen LogP contribution in [0.15, 0.2) is 182 Å². The van der Waals surface area contributed by atoms with Crippen molar-refractivity contribution in [1.82, 2.24) is 0 Å². The Morgan fingerprint density at radius 3 is 1.46 bits per heavy atom. The Bertz CT molecular complexity index is 3690. The van der Waals surface area contributed by atoms with Gasteiger partial charge in [-0.1, -0.05) is 166 Å². The van der Waals surface area contributed by atoms with Crippen molar-refractivity contribution in [2.24, 2.45) is 0 Å². The molecule has 2 aromatic heterocycles. The monoisotopic (exact) mass is 784 g/mol. The fraction of sp³-hybridized carbons (Fsp3) is 0.0526. The zero-order valence-corrected chi connectivity index (χ0v) is 34.3. The lowest BCUT2D eigenvalue weighted by atomic mass is 9.80. The topological polar surface area (TPSA) is 0 Å². The fourth-order valence-electron chi connectivity index (χ4n) is 10.4. The predicted molar refractivity (Wildman–Crippen MR) is 259 cm³/mol. The minimum Gasteiger partial charge on any atom is -0.134 e. The summed E-state index contributed by atoms with van der Waals surface area (Å²) in [6.07, 6.45) is 0. The highest BCUT2D eigenvalue weighted by atomic mass is 32.1. The van der Waals surface area contributed by atoms with Gasteiger partial charge in [-0.05, 0) is 113 Å². The maximum atomic E-state index is 2.49. The number of rotatable bonds is 3. The highest BCUT2D eigenvalue weighted by molar-refractivity contribution is 7.29. The van der Waals surface area contributed by atoms with Gasteiger partial charge in [0.15, 0.2) is 0 Å².